The topological polar surface area (TPSA) is 152 Å². The standard InChI is InChI=1S/C47H88O10/c1-3-5-7-9-11-13-15-17-18-19-20-21-22-24-25-27-29-31-33-35-42(49)54-38-40(39-55-47-46(53)45(52)44(51)41(37-48)57-47)56-43(50)36-34-32-30-28-26-23-16-14-12-10-8-6-4-2/h14,16,40-41,44-48,51-53H,3-13,15,17-39H2,1-2H3/b16-14+/t40-,41-,44+,45?,46?,47-/m0/s1. The van der Waals surface area contributed by atoms with Gasteiger partial charge < -0.3 is 39.4 Å². The highest BCUT2D eigenvalue weighted by Crippen LogP contribution is 2.23. The van der Waals surface area contributed by atoms with Crippen LogP contribution in [0.15, 0.2) is 12.2 Å². The number of aliphatic hydroxyl groups excluding tert-OH is 4. The fourth-order valence-corrected chi connectivity index (χ4v) is 7.36. The molecule has 0 aromatic heterocycles. The number of esters is 2. The fourth-order valence-electron chi connectivity index (χ4n) is 7.36. The molecule has 10 heteroatoms. The summed E-state index contributed by atoms with van der Waals surface area (Å²) in [5.41, 5.74) is 0. The van der Waals surface area contributed by atoms with Crippen LogP contribution in [0.1, 0.15) is 219 Å². The maximum atomic E-state index is 12.8. The van der Waals surface area contributed by atoms with Gasteiger partial charge in [-0.2, -0.15) is 0 Å². The van der Waals surface area contributed by atoms with Crippen molar-refractivity contribution in [1.29, 1.82) is 0 Å². The molecule has 1 fully saturated rings. The number of carbonyl (C=O) groups excluding carboxylic acids is 2. The lowest BCUT2D eigenvalue weighted by molar-refractivity contribution is -0.305. The molecule has 0 aromatic rings. The van der Waals surface area contributed by atoms with Crippen LogP contribution in [0.3, 0.4) is 0 Å². The molecule has 10 nitrogen and oxygen atoms in total. The molecule has 1 heterocycles. The first-order valence-corrected chi connectivity index (χ1v) is 23.8. The second-order valence-electron chi connectivity index (χ2n) is 16.6. The maximum absolute atomic E-state index is 12.8. The molecule has 4 N–H and O–H groups in total. The normalized spacial score (nSPS) is 20.3. The van der Waals surface area contributed by atoms with E-state index in [-0.39, 0.29) is 32.0 Å². The number of hydrogen-bond acceptors (Lipinski definition) is 10. The van der Waals surface area contributed by atoms with Gasteiger partial charge >= 0.3 is 11.9 Å². The Morgan fingerprint density at radius 2 is 0.930 bits per heavy atom. The van der Waals surface area contributed by atoms with Crippen molar-refractivity contribution in [1.82, 2.24) is 0 Å². The Morgan fingerprint density at radius 3 is 1.39 bits per heavy atom. The van der Waals surface area contributed by atoms with Crippen LogP contribution in [0.25, 0.3) is 0 Å². The highest BCUT2D eigenvalue weighted by molar-refractivity contribution is 5.70. The smallest absolute Gasteiger partial charge is 0.306 e. The summed E-state index contributed by atoms with van der Waals surface area (Å²) in [4.78, 5) is 25.3. The van der Waals surface area contributed by atoms with Gasteiger partial charge in [0.25, 0.3) is 0 Å². The van der Waals surface area contributed by atoms with Crippen LogP contribution < -0.4 is 0 Å². The quantitative estimate of drug-likeness (QED) is 0.0267. The number of hydrogen-bond donors (Lipinski definition) is 4. The van der Waals surface area contributed by atoms with E-state index in [0.29, 0.717) is 6.42 Å². The summed E-state index contributed by atoms with van der Waals surface area (Å²) in [5.74, 6) is -0.805. The van der Waals surface area contributed by atoms with Gasteiger partial charge in [-0.1, -0.05) is 180 Å². The van der Waals surface area contributed by atoms with E-state index in [4.69, 9.17) is 18.9 Å². The van der Waals surface area contributed by atoms with E-state index in [1.165, 1.54) is 128 Å². The molecule has 0 amide bonds. The second-order valence-corrected chi connectivity index (χ2v) is 16.6. The molecule has 1 aliphatic heterocycles. The van der Waals surface area contributed by atoms with E-state index in [1.54, 1.807) is 0 Å². The van der Waals surface area contributed by atoms with Crippen molar-refractivity contribution in [3.05, 3.63) is 12.2 Å². The van der Waals surface area contributed by atoms with Crippen LogP contribution in [0.4, 0.5) is 0 Å². The Labute approximate surface area is 348 Å². The van der Waals surface area contributed by atoms with Crippen LogP contribution in [-0.4, -0.2) is 89.0 Å². The lowest BCUT2D eigenvalue weighted by Crippen LogP contribution is -2.59. The molecule has 57 heavy (non-hydrogen) atoms. The number of aliphatic hydroxyl groups is 4. The Bertz CT molecular complexity index is 943. The highest BCUT2D eigenvalue weighted by atomic mass is 16.7. The van der Waals surface area contributed by atoms with Gasteiger partial charge in [-0.3, -0.25) is 9.59 Å². The van der Waals surface area contributed by atoms with E-state index >= 15 is 0 Å². The van der Waals surface area contributed by atoms with E-state index in [1.807, 2.05) is 0 Å². The summed E-state index contributed by atoms with van der Waals surface area (Å²) >= 11 is 0. The molecule has 1 aliphatic rings. The molecule has 0 aliphatic carbocycles. The summed E-state index contributed by atoms with van der Waals surface area (Å²) in [5, 5.41) is 40.1. The van der Waals surface area contributed by atoms with Gasteiger partial charge in [-0.05, 0) is 38.5 Å². The van der Waals surface area contributed by atoms with Crippen LogP contribution >= 0.6 is 0 Å². The summed E-state index contributed by atoms with van der Waals surface area (Å²) < 4.78 is 22.2. The van der Waals surface area contributed by atoms with Gasteiger partial charge in [0.1, 0.15) is 31.0 Å². The molecule has 2 unspecified atom stereocenters. The van der Waals surface area contributed by atoms with Gasteiger partial charge in [0, 0.05) is 12.8 Å². The molecule has 6 atom stereocenters. The number of carbonyl (C=O) groups is 2. The van der Waals surface area contributed by atoms with Crippen LogP contribution in [0.5, 0.6) is 0 Å². The van der Waals surface area contributed by atoms with Crippen molar-refractivity contribution in [2.45, 2.75) is 256 Å². The number of allylic oxidation sites excluding steroid dienone is 2. The minimum Gasteiger partial charge on any atom is -0.462 e. The largest absolute Gasteiger partial charge is 0.462 e. The lowest BCUT2D eigenvalue weighted by atomic mass is 9.99. The predicted octanol–water partition coefficient (Wildman–Crippen LogP) is 10.3. The molecule has 0 radical (unpaired) electrons. The zero-order chi connectivity index (χ0) is 41.6. The molecule has 336 valence electrons. The van der Waals surface area contributed by atoms with Crippen molar-refractivity contribution in [2.75, 3.05) is 19.8 Å². The first-order valence-electron chi connectivity index (χ1n) is 23.8. The molecule has 0 saturated carbocycles. The SMILES string of the molecule is CCCCCC/C=C/CCCCCCCC(=O)O[C@@H](COC(=O)CCCCCCCCCCCCCCCCCCCCC)CO[C@H]1O[C@@H](CO)[C@@H](O)C(O)C1O. The molecule has 1 rings (SSSR count). The van der Waals surface area contributed by atoms with Gasteiger partial charge in [-0.25, -0.2) is 0 Å². The van der Waals surface area contributed by atoms with Crippen LogP contribution in [0, 0.1) is 0 Å². The van der Waals surface area contributed by atoms with Gasteiger partial charge in [-0.15, -0.1) is 0 Å². The Balaban J connectivity index is 2.27. The predicted molar refractivity (Wildman–Crippen MR) is 229 cm³/mol. The van der Waals surface area contributed by atoms with E-state index in [9.17, 15) is 30.0 Å². The zero-order valence-electron chi connectivity index (χ0n) is 36.6. The average Bonchev–Trinajstić information content (AvgIpc) is 3.21. The minimum atomic E-state index is -1.59. The highest BCUT2D eigenvalue weighted by Gasteiger charge is 2.44. The van der Waals surface area contributed by atoms with E-state index in [2.05, 4.69) is 26.0 Å². The third-order valence-corrected chi connectivity index (χ3v) is 11.2. The fraction of sp³-hybridized carbons (Fsp3) is 0.915. The third kappa shape index (κ3) is 30.2. The van der Waals surface area contributed by atoms with E-state index < -0.39 is 49.4 Å². The molecule has 1 saturated heterocycles. The third-order valence-electron chi connectivity index (χ3n) is 11.2. The summed E-state index contributed by atoms with van der Waals surface area (Å²) in [6.07, 6.45) is 33.6. The number of ether oxygens (including phenoxy) is 4. The Hall–Kier alpha value is -1.56. The molecule has 0 aromatic carbocycles. The summed E-state index contributed by atoms with van der Waals surface area (Å²) in [6.45, 7) is 3.43. The maximum Gasteiger partial charge on any atom is 0.306 e. The molecular formula is C47H88O10. The Kier molecular flexibility index (Phi) is 36.2. The molecule has 0 spiro atoms. The number of rotatable bonds is 40. The summed E-state index contributed by atoms with van der Waals surface area (Å²) in [7, 11) is 0. The van der Waals surface area contributed by atoms with Crippen molar-refractivity contribution < 1.29 is 49.0 Å². The van der Waals surface area contributed by atoms with Crippen LogP contribution in [0.2, 0.25) is 0 Å². The first-order chi connectivity index (χ1) is 27.8. The van der Waals surface area contributed by atoms with Gasteiger partial charge in [0.15, 0.2) is 12.4 Å². The van der Waals surface area contributed by atoms with Crippen LogP contribution in [-0.2, 0) is 28.5 Å². The van der Waals surface area contributed by atoms with Crippen molar-refractivity contribution in [3.63, 3.8) is 0 Å². The van der Waals surface area contributed by atoms with Gasteiger partial charge in [0.05, 0.1) is 13.2 Å². The zero-order valence-corrected chi connectivity index (χ0v) is 36.6. The van der Waals surface area contributed by atoms with E-state index in [0.717, 1.165) is 57.8 Å². The lowest BCUT2D eigenvalue weighted by Gasteiger charge is -2.39. The van der Waals surface area contributed by atoms with Gasteiger partial charge in [0.2, 0.25) is 0 Å². The van der Waals surface area contributed by atoms with Crippen molar-refractivity contribution >= 4 is 11.9 Å². The molecular weight excluding hydrogens is 725 g/mol. The monoisotopic (exact) mass is 813 g/mol. The second kappa shape index (κ2) is 38.6. The van der Waals surface area contributed by atoms with Crippen molar-refractivity contribution in [3.8, 4) is 0 Å². The Morgan fingerprint density at radius 1 is 0.526 bits per heavy atom. The van der Waals surface area contributed by atoms with Crippen molar-refractivity contribution in [2.24, 2.45) is 0 Å². The number of unbranched alkanes of at least 4 members (excludes halogenated alkanes) is 27. The minimum absolute atomic E-state index is 0.215. The average molecular weight is 813 g/mol. The first kappa shape index (κ1) is 53.5. The molecule has 0 bridgehead atoms. The summed E-state index contributed by atoms with van der Waals surface area (Å²) in [6, 6.07) is 0.